The molecule has 0 N–H and O–H groups in total. The molecule has 1 fully saturated rings. The van der Waals surface area contributed by atoms with Gasteiger partial charge in [0.15, 0.2) is 0 Å². The van der Waals surface area contributed by atoms with Crippen LogP contribution in [0.4, 0.5) is 8.78 Å². The summed E-state index contributed by atoms with van der Waals surface area (Å²) in [5, 5.41) is 4.27. The fraction of sp³-hybridized carbons (Fsp3) is 0.500. The zero-order valence-electron chi connectivity index (χ0n) is 14.5. The SMILES string of the molecule is CCn1c(C2CCN(S(=O)(=O)c3cc(F)cc(F)c3)CC2)nn(C)c1=O. The van der Waals surface area contributed by atoms with Gasteiger partial charge in [-0.2, -0.15) is 9.40 Å². The highest BCUT2D eigenvalue weighted by Crippen LogP contribution is 2.29. The number of aryl methyl sites for hydroxylation is 1. The predicted octanol–water partition coefficient (Wildman–Crippen LogP) is 1.45. The maximum Gasteiger partial charge on any atom is 0.345 e. The van der Waals surface area contributed by atoms with Gasteiger partial charge in [0.2, 0.25) is 10.0 Å². The van der Waals surface area contributed by atoms with Crippen LogP contribution in [0.25, 0.3) is 0 Å². The zero-order chi connectivity index (χ0) is 19.1. The van der Waals surface area contributed by atoms with Crippen molar-refractivity contribution >= 4 is 10.0 Å². The van der Waals surface area contributed by atoms with E-state index in [1.807, 2.05) is 6.92 Å². The molecule has 3 rings (SSSR count). The van der Waals surface area contributed by atoms with Gasteiger partial charge in [0.05, 0.1) is 4.90 Å². The van der Waals surface area contributed by atoms with Gasteiger partial charge in [-0.05, 0) is 31.9 Å². The van der Waals surface area contributed by atoms with E-state index in [2.05, 4.69) is 5.10 Å². The van der Waals surface area contributed by atoms with Gasteiger partial charge in [-0.15, -0.1) is 0 Å². The van der Waals surface area contributed by atoms with Crippen LogP contribution in [0, 0.1) is 11.6 Å². The molecule has 0 bridgehead atoms. The van der Waals surface area contributed by atoms with Gasteiger partial charge in [0, 0.05) is 38.7 Å². The molecule has 1 aromatic carbocycles. The second-order valence-electron chi connectivity index (χ2n) is 6.29. The Hall–Kier alpha value is -2.07. The highest BCUT2D eigenvalue weighted by molar-refractivity contribution is 7.89. The van der Waals surface area contributed by atoms with Gasteiger partial charge in [-0.25, -0.2) is 26.7 Å². The lowest BCUT2D eigenvalue weighted by Gasteiger charge is -2.30. The van der Waals surface area contributed by atoms with E-state index in [9.17, 15) is 22.0 Å². The third-order valence-corrected chi connectivity index (χ3v) is 6.52. The van der Waals surface area contributed by atoms with E-state index >= 15 is 0 Å². The summed E-state index contributed by atoms with van der Waals surface area (Å²) in [5.74, 6) is -1.26. The van der Waals surface area contributed by atoms with Gasteiger partial charge in [-0.1, -0.05) is 0 Å². The van der Waals surface area contributed by atoms with Crippen molar-refractivity contribution in [3.63, 3.8) is 0 Å². The van der Waals surface area contributed by atoms with Gasteiger partial charge < -0.3 is 0 Å². The number of hydrogen-bond donors (Lipinski definition) is 0. The number of piperidine rings is 1. The Balaban J connectivity index is 1.80. The molecule has 26 heavy (non-hydrogen) atoms. The lowest BCUT2D eigenvalue weighted by molar-refractivity contribution is 0.308. The Morgan fingerprint density at radius 2 is 1.73 bits per heavy atom. The van der Waals surface area contributed by atoms with Crippen LogP contribution in [-0.4, -0.2) is 40.2 Å². The molecule has 0 spiro atoms. The first-order chi connectivity index (χ1) is 12.2. The molecular weight excluding hydrogens is 366 g/mol. The third-order valence-electron chi connectivity index (χ3n) is 4.65. The molecule has 0 atom stereocenters. The fourth-order valence-corrected chi connectivity index (χ4v) is 4.82. The van der Waals surface area contributed by atoms with Crippen LogP contribution in [0.2, 0.25) is 0 Å². The van der Waals surface area contributed by atoms with Gasteiger partial charge in [0.25, 0.3) is 0 Å². The summed E-state index contributed by atoms with van der Waals surface area (Å²) in [5.41, 5.74) is -0.201. The molecule has 1 saturated heterocycles. The highest BCUT2D eigenvalue weighted by atomic mass is 32.2. The molecule has 2 aromatic rings. The number of nitrogens with zero attached hydrogens (tertiary/aromatic N) is 4. The van der Waals surface area contributed by atoms with Crippen molar-refractivity contribution in [2.24, 2.45) is 7.05 Å². The molecule has 0 amide bonds. The first kappa shape index (κ1) is 18.7. The van der Waals surface area contributed by atoms with Gasteiger partial charge in [0.1, 0.15) is 17.5 Å². The van der Waals surface area contributed by atoms with Crippen LogP contribution in [0.3, 0.4) is 0 Å². The van der Waals surface area contributed by atoms with E-state index in [1.165, 1.54) is 8.99 Å². The molecule has 0 unspecified atom stereocenters. The summed E-state index contributed by atoms with van der Waals surface area (Å²) < 4.78 is 56.1. The van der Waals surface area contributed by atoms with E-state index in [4.69, 9.17) is 0 Å². The molecule has 7 nitrogen and oxygen atoms in total. The maximum absolute atomic E-state index is 13.4. The predicted molar refractivity (Wildman–Crippen MR) is 90.2 cm³/mol. The van der Waals surface area contributed by atoms with Crippen LogP contribution in [0.15, 0.2) is 27.9 Å². The summed E-state index contributed by atoms with van der Waals surface area (Å²) in [4.78, 5) is 11.6. The lowest BCUT2D eigenvalue weighted by atomic mass is 9.97. The van der Waals surface area contributed by atoms with Crippen molar-refractivity contribution in [2.45, 2.75) is 37.1 Å². The molecule has 1 aromatic heterocycles. The summed E-state index contributed by atoms with van der Waals surface area (Å²) in [6, 6.07) is 2.27. The first-order valence-corrected chi connectivity index (χ1v) is 9.78. The number of benzene rings is 1. The Morgan fingerprint density at radius 1 is 1.15 bits per heavy atom. The minimum absolute atomic E-state index is 0.0421. The molecule has 10 heteroatoms. The number of halogens is 2. The lowest BCUT2D eigenvalue weighted by Crippen LogP contribution is -2.38. The molecular formula is C16H20F2N4O3S. The minimum atomic E-state index is -3.97. The topological polar surface area (TPSA) is 77.2 Å². The number of aromatic nitrogens is 3. The summed E-state index contributed by atoms with van der Waals surface area (Å²) in [6.07, 6.45) is 0.959. The quantitative estimate of drug-likeness (QED) is 0.797. The van der Waals surface area contributed by atoms with E-state index in [1.54, 1.807) is 11.6 Å². The summed E-state index contributed by atoms with van der Waals surface area (Å²) in [7, 11) is -2.39. The Labute approximate surface area is 149 Å². The maximum atomic E-state index is 13.4. The standard InChI is InChI=1S/C16H20F2N4O3S/c1-3-22-15(19-20(2)16(22)23)11-4-6-21(7-5-11)26(24,25)14-9-12(17)8-13(18)10-14/h8-11H,3-7H2,1-2H3. The minimum Gasteiger partial charge on any atom is -0.279 e. The molecule has 2 heterocycles. The molecule has 1 aliphatic heterocycles. The van der Waals surface area contributed by atoms with E-state index in [-0.39, 0.29) is 24.7 Å². The molecule has 142 valence electrons. The number of rotatable bonds is 4. The van der Waals surface area contributed by atoms with Crippen LogP contribution in [-0.2, 0) is 23.6 Å². The van der Waals surface area contributed by atoms with E-state index < -0.39 is 26.6 Å². The van der Waals surface area contributed by atoms with Crippen LogP contribution in [0.5, 0.6) is 0 Å². The van der Waals surface area contributed by atoms with Crippen molar-refractivity contribution in [1.29, 1.82) is 0 Å². The molecule has 0 radical (unpaired) electrons. The Bertz CT molecular complexity index is 956. The third kappa shape index (κ3) is 3.30. The van der Waals surface area contributed by atoms with Crippen molar-refractivity contribution in [2.75, 3.05) is 13.1 Å². The molecule has 1 aliphatic rings. The number of hydrogen-bond acceptors (Lipinski definition) is 4. The summed E-state index contributed by atoms with van der Waals surface area (Å²) in [6.45, 7) is 2.73. The van der Waals surface area contributed by atoms with Crippen molar-refractivity contribution in [1.82, 2.24) is 18.7 Å². The second kappa shape index (κ2) is 6.92. The second-order valence-corrected chi connectivity index (χ2v) is 8.23. The van der Waals surface area contributed by atoms with Crippen LogP contribution >= 0.6 is 0 Å². The van der Waals surface area contributed by atoms with Crippen LogP contribution in [0.1, 0.15) is 31.5 Å². The number of sulfonamides is 1. The van der Waals surface area contributed by atoms with Crippen molar-refractivity contribution in [3.8, 4) is 0 Å². The zero-order valence-corrected chi connectivity index (χ0v) is 15.3. The van der Waals surface area contributed by atoms with Crippen molar-refractivity contribution < 1.29 is 17.2 Å². The fourth-order valence-electron chi connectivity index (χ4n) is 3.30. The molecule has 0 aliphatic carbocycles. The smallest absolute Gasteiger partial charge is 0.279 e. The van der Waals surface area contributed by atoms with Crippen LogP contribution < -0.4 is 5.69 Å². The first-order valence-electron chi connectivity index (χ1n) is 8.34. The van der Waals surface area contributed by atoms with Gasteiger partial charge >= 0.3 is 5.69 Å². The Morgan fingerprint density at radius 3 is 2.27 bits per heavy atom. The normalized spacial score (nSPS) is 16.9. The Kier molecular flexibility index (Phi) is 4.98. The van der Waals surface area contributed by atoms with Crippen molar-refractivity contribution in [3.05, 3.63) is 46.1 Å². The average Bonchev–Trinajstić information content (AvgIpc) is 2.88. The monoisotopic (exact) mass is 386 g/mol. The summed E-state index contributed by atoms with van der Waals surface area (Å²) >= 11 is 0. The van der Waals surface area contributed by atoms with E-state index in [0.29, 0.717) is 31.3 Å². The highest BCUT2D eigenvalue weighted by Gasteiger charge is 2.32. The van der Waals surface area contributed by atoms with E-state index in [0.717, 1.165) is 12.1 Å². The largest absolute Gasteiger partial charge is 0.345 e. The molecule has 0 saturated carbocycles. The average molecular weight is 386 g/mol. The van der Waals surface area contributed by atoms with Gasteiger partial charge in [-0.3, -0.25) is 4.57 Å².